The first kappa shape index (κ1) is 21.9. The van der Waals surface area contributed by atoms with Crippen molar-refractivity contribution >= 4 is 23.2 Å². The van der Waals surface area contributed by atoms with Gasteiger partial charge in [0, 0.05) is 0 Å². The second kappa shape index (κ2) is 8.77. The highest BCUT2D eigenvalue weighted by molar-refractivity contribution is 6.32. The van der Waals surface area contributed by atoms with Crippen LogP contribution in [0.2, 0.25) is 5.02 Å². The topological polar surface area (TPSA) is 74.0 Å². The molecule has 1 N–H and O–H groups in total. The van der Waals surface area contributed by atoms with Crippen LogP contribution in [0.5, 0.6) is 0 Å². The third-order valence-electron chi connectivity index (χ3n) is 3.07. The SMILES string of the molecule is O=C(Cn1nc(C(F)F)c(Cl)c1C(F)F)Nc1cnn(COCC(F)(F)F)c1. The molecule has 0 spiro atoms. The van der Waals surface area contributed by atoms with Gasteiger partial charge in [0.1, 0.15) is 31.3 Å². The zero-order chi connectivity index (χ0) is 21.1. The van der Waals surface area contributed by atoms with E-state index in [9.17, 15) is 35.5 Å². The standard InChI is InChI=1S/C13H11ClF7N5O2/c14-8-9(11(15)16)24-26(10(8)12(17)18)3-7(27)23-6-1-22-25(2-6)5-28-4-13(19,20)21/h1-2,11-12H,3-5H2,(H,23,27). The van der Waals surface area contributed by atoms with E-state index in [1.54, 1.807) is 0 Å². The van der Waals surface area contributed by atoms with Crippen molar-refractivity contribution in [2.45, 2.75) is 32.3 Å². The summed E-state index contributed by atoms with van der Waals surface area (Å²) in [6.45, 7) is -2.92. The molecular weight excluding hydrogens is 427 g/mol. The number of ether oxygens (including phenoxy) is 1. The van der Waals surface area contributed by atoms with E-state index in [0.717, 1.165) is 17.1 Å². The largest absolute Gasteiger partial charge is 0.411 e. The Kier molecular flexibility index (Phi) is 6.87. The number of anilines is 1. The van der Waals surface area contributed by atoms with Crippen LogP contribution in [0.15, 0.2) is 12.4 Å². The van der Waals surface area contributed by atoms with E-state index in [1.165, 1.54) is 0 Å². The van der Waals surface area contributed by atoms with E-state index < -0.39 is 61.2 Å². The van der Waals surface area contributed by atoms with E-state index in [4.69, 9.17) is 11.6 Å². The van der Waals surface area contributed by atoms with Crippen LogP contribution in [-0.2, 0) is 22.8 Å². The van der Waals surface area contributed by atoms with Crippen LogP contribution < -0.4 is 5.32 Å². The summed E-state index contributed by atoms with van der Waals surface area (Å²) in [4.78, 5) is 11.9. The third-order valence-corrected chi connectivity index (χ3v) is 3.46. The van der Waals surface area contributed by atoms with Gasteiger partial charge in [0.05, 0.1) is 23.1 Å². The average molecular weight is 438 g/mol. The number of rotatable bonds is 8. The third kappa shape index (κ3) is 5.82. The van der Waals surface area contributed by atoms with Crippen LogP contribution >= 0.6 is 11.6 Å². The molecule has 0 saturated carbocycles. The van der Waals surface area contributed by atoms with Gasteiger partial charge in [0.15, 0.2) is 0 Å². The first-order valence-corrected chi connectivity index (χ1v) is 7.65. The lowest BCUT2D eigenvalue weighted by Crippen LogP contribution is -2.21. The van der Waals surface area contributed by atoms with Gasteiger partial charge in [-0.15, -0.1) is 0 Å². The van der Waals surface area contributed by atoms with Gasteiger partial charge in [-0.05, 0) is 0 Å². The lowest BCUT2D eigenvalue weighted by Gasteiger charge is -2.07. The molecule has 2 aromatic heterocycles. The van der Waals surface area contributed by atoms with Gasteiger partial charge in [0.2, 0.25) is 5.91 Å². The molecule has 156 valence electrons. The smallest absolute Gasteiger partial charge is 0.350 e. The fourth-order valence-corrected chi connectivity index (χ4v) is 2.33. The molecule has 2 heterocycles. The average Bonchev–Trinajstić information content (AvgIpc) is 3.10. The Morgan fingerprint density at radius 1 is 1.25 bits per heavy atom. The summed E-state index contributed by atoms with van der Waals surface area (Å²) < 4.78 is 93.1. The minimum absolute atomic E-state index is 0.00606. The number of hydrogen-bond acceptors (Lipinski definition) is 4. The Bertz CT molecular complexity index is 821. The molecule has 2 aromatic rings. The second-order valence-corrected chi connectivity index (χ2v) is 5.63. The number of carbonyl (C=O) groups excluding carboxylic acids is 1. The molecule has 0 saturated heterocycles. The highest BCUT2D eigenvalue weighted by Crippen LogP contribution is 2.34. The maximum atomic E-state index is 13.0. The van der Waals surface area contributed by atoms with E-state index in [-0.39, 0.29) is 5.69 Å². The van der Waals surface area contributed by atoms with Gasteiger partial charge >= 0.3 is 6.18 Å². The molecule has 0 bridgehead atoms. The number of halogens is 8. The molecule has 0 unspecified atom stereocenters. The van der Waals surface area contributed by atoms with Crippen LogP contribution in [0.4, 0.5) is 36.4 Å². The number of nitrogens with zero attached hydrogens (tertiary/aromatic N) is 4. The minimum Gasteiger partial charge on any atom is -0.350 e. The first-order valence-electron chi connectivity index (χ1n) is 7.27. The summed E-state index contributed by atoms with van der Waals surface area (Å²) in [6, 6.07) is 0. The number of nitrogens with one attached hydrogen (secondary N) is 1. The molecule has 2 rings (SSSR count). The summed E-state index contributed by atoms with van der Waals surface area (Å²) >= 11 is 5.46. The van der Waals surface area contributed by atoms with Crippen molar-refractivity contribution in [3.8, 4) is 0 Å². The molecule has 0 aliphatic carbocycles. The molecule has 0 atom stereocenters. The van der Waals surface area contributed by atoms with Gasteiger partial charge in [-0.2, -0.15) is 23.4 Å². The molecule has 15 heteroatoms. The zero-order valence-corrected chi connectivity index (χ0v) is 14.3. The summed E-state index contributed by atoms with van der Waals surface area (Å²) in [6.07, 6.45) is -8.82. The van der Waals surface area contributed by atoms with Crippen molar-refractivity contribution in [1.82, 2.24) is 19.6 Å². The maximum Gasteiger partial charge on any atom is 0.411 e. The Morgan fingerprint density at radius 3 is 2.50 bits per heavy atom. The summed E-state index contributed by atoms with van der Waals surface area (Å²) in [7, 11) is 0. The number of alkyl halides is 7. The molecule has 0 aromatic carbocycles. The van der Waals surface area contributed by atoms with E-state index in [1.807, 2.05) is 0 Å². The monoisotopic (exact) mass is 437 g/mol. The molecular formula is C13H11ClF7N5O2. The Labute approximate surface area is 157 Å². The van der Waals surface area contributed by atoms with Crippen LogP contribution in [0, 0.1) is 0 Å². The molecule has 0 radical (unpaired) electrons. The van der Waals surface area contributed by atoms with Crippen molar-refractivity contribution in [3.63, 3.8) is 0 Å². The van der Waals surface area contributed by atoms with Crippen LogP contribution in [0.1, 0.15) is 24.2 Å². The zero-order valence-electron chi connectivity index (χ0n) is 13.6. The van der Waals surface area contributed by atoms with E-state index >= 15 is 0 Å². The van der Waals surface area contributed by atoms with E-state index in [0.29, 0.717) is 4.68 Å². The van der Waals surface area contributed by atoms with Gasteiger partial charge in [0.25, 0.3) is 12.9 Å². The number of aromatic nitrogens is 4. The van der Waals surface area contributed by atoms with Gasteiger partial charge < -0.3 is 10.1 Å². The van der Waals surface area contributed by atoms with Crippen molar-refractivity contribution in [3.05, 3.63) is 28.8 Å². The van der Waals surface area contributed by atoms with Gasteiger partial charge in [-0.1, -0.05) is 11.6 Å². The predicted molar refractivity (Wildman–Crippen MR) is 80.0 cm³/mol. The summed E-state index contributed by atoms with van der Waals surface area (Å²) in [5.74, 6) is -0.933. The minimum atomic E-state index is -4.52. The number of amides is 1. The maximum absolute atomic E-state index is 13.0. The fraction of sp³-hybridized carbons (Fsp3) is 0.462. The van der Waals surface area contributed by atoms with Crippen molar-refractivity contribution < 1.29 is 40.3 Å². The summed E-state index contributed by atoms with van der Waals surface area (Å²) in [5.41, 5.74) is -2.12. The summed E-state index contributed by atoms with van der Waals surface area (Å²) in [5, 5.41) is 8.12. The quantitative estimate of drug-likeness (QED) is 0.638. The van der Waals surface area contributed by atoms with Crippen molar-refractivity contribution in [1.29, 1.82) is 0 Å². The molecule has 7 nitrogen and oxygen atoms in total. The van der Waals surface area contributed by atoms with Crippen molar-refractivity contribution in [2.75, 3.05) is 11.9 Å². The van der Waals surface area contributed by atoms with Crippen molar-refractivity contribution in [2.24, 2.45) is 0 Å². The fourth-order valence-electron chi connectivity index (χ4n) is 2.03. The number of carbonyl (C=O) groups is 1. The van der Waals surface area contributed by atoms with Crippen LogP contribution in [0.25, 0.3) is 0 Å². The van der Waals surface area contributed by atoms with Gasteiger partial charge in [-0.3, -0.25) is 9.48 Å². The lowest BCUT2D eigenvalue weighted by molar-refractivity contribution is -0.182. The van der Waals surface area contributed by atoms with Crippen LogP contribution in [0.3, 0.4) is 0 Å². The normalized spacial score (nSPS) is 12.2. The Morgan fingerprint density at radius 2 is 1.93 bits per heavy atom. The Hall–Kier alpha value is -2.35. The molecule has 1 amide bonds. The predicted octanol–water partition coefficient (Wildman–Crippen LogP) is 3.78. The molecule has 0 aliphatic rings. The lowest BCUT2D eigenvalue weighted by atomic mass is 10.3. The highest BCUT2D eigenvalue weighted by Gasteiger charge is 2.29. The van der Waals surface area contributed by atoms with E-state index in [2.05, 4.69) is 20.3 Å². The van der Waals surface area contributed by atoms with Crippen LogP contribution in [-0.4, -0.2) is 38.3 Å². The number of hydrogen-bond donors (Lipinski definition) is 1. The second-order valence-electron chi connectivity index (χ2n) is 5.25. The molecule has 0 fully saturated rings. The Balaban J connectivity index is 2.00. The highest BCUT2D eigenvalue weighted by atomic mass is 35.5. The van der Waals surface area contributed by atoms with Gasteiger partial charge in [-0.25, -0.2) is 22.2 Å². The molecule has 0 aliphatic heterocycles. The first-order chi connectivity index (χ1) is 13.0. The molecule has 28 heavy (non-hydrogen) atoms.